The minimum absolute atomic E-state index is 0.0385. The zero-order valence-corrected chi connectivity index (χ0v) is 18.1. The zero-order chi connectivity index (χ0) is 22.3. The van der Waals surface area contributed by atoms with Crippen molar-refractivity contribution < 1.29 is 27.9 Å². The van der Waals surface area contributed by atoms with Crippen molar-refractivity contribution in [1.82, 2.24) is 14.8 Å². The Morgan fingerprint density at radius 3 is 2.55 bits per heavy atom. The number of hydrogen-bond donors (Lipinski definition) is 2. The van der Waals surface area contributed by atoms with Gasteiger partial charge < -0.3 is 9.47 Å². The Kier molecular flexibility index (Phi) is 7.97. The lowest BCUT2D eigenvalue weighted by molar-refractivity contribution is -0.130. The lowest BCUT2D eigenvalue weighted by Gasteiger charge is -2.32. The molecule has 1 aliphatic rings. The van der Waals surface area contributed by atoms with Gasteiger partial charge >= 0.3 is 0 Å². The van der Waals surface area contributed by atoms with Crippen molar-refractivity contribution >= 4 is 15.9 Å². The van der Waals surface area contributed by atoms with E-state index < -0.39 is 27.6 Å². The molecule has 0 spiro atoms. The maximum absolute atomic E-state index is 12.9. The maximum Gasteiger partial charge on any atom is 0.252 e. The van der Waals surface area contributed by atoms with Crippen LogP contribution < -0.4 is 10.2 Å². The van der Waals surface area contributed by atoms with E-state index in [4.69, 9.17) is 14.7 Å². The van der Waals surface area contributed by atoms with E-state index in [9.17, 15) is 13.2 Å². The summed E-state index contributed by atoms with van der Waals surface area (Å²) in [6.45, 7) is 1.08. The van der Waals surface area contributed by atoms with Crippen molar-refractivity contribution in [3.05, 3.63) is 59.9 Å². The average molecular weight is 450 g/mol. The van der Waals surface area contributed by atoms with Gasteiger partial charge in [0.2, 0.25) is 10.0 Å². The SMILES string of the molecule is COc1ccc(COC2CCN(S(=O)(=O)C[C@@H](C(=O)NO)c3cccnc3)CC2)cc1. The largest absolute Gasteiger partial charge is 0.497 e. The number of aromatic nitrogens is 1. The summed E-state index contributed by atoms with van der Waals surface area (Å²) < 4.78 is 38.3. The number of hydroxylamine groups is 1. The number of carbonyl (C=O) groups excluding carboxylic acids is 1. The fraction of sp³-hybridized carbons (Fsp3) is 0.429. The molecule has 2 heterocycles. The van der Waals surface area contributed by atoms with Gasteiger partial charge in [-0.1, -0.05) is 18.2 Å². The van der Waals surface area contributed by atoms with Crippen LogP contribution >= 0.6 is 0 Å². The predicted molar refractivity (Wildman–Crippen MR) is 113 cm³/mol. The maximum atomic E-state index is 12.9. The summed E-state index contributed by atoms with van der Waals surface area (Å²) in [5.41, 5.74) is 3.00. The molecule has 1 fully saturated rings. The summed E-state index contributed by atoms with van der Waals surface area (Å²) >= 11 is 0. The third-order valence-corrected chi connectivity index (χ3v) is 7.24. The Bertz CT molecular complexity index is 945. The number of nitrogens with one attached hydrogen (secondary N) is 1. The first-order chi connectivity index (χ1) is 14.9. The lowest BCUT2D eigenvalue weighted by Crippen LogP contribution is -2.44. The summed E-state index contributed by atoms with van der Waals surface area (Å²) in [6.07, 6.45) is 4.05. The monoisotopic (exact) mass is 449 g/mol. The van der Waals surface area contributed by atoms with E-state index in [-0.39, 0.29) is 6.10 Å². The molecule has 0 unspecified atom stereocenters. The molecule has 2 N–H and O–H groups in total. The molecule has 3 rings (SSSR count). The molecule has 0 aliphatic carbocycles. The molecule has 0 saturated carbocycles. The second-order valence-electron chi connectivity index (χ2n) is 7.35. The molecule has 1 aromatic carbocycles. The summed E-state index contributed by atoms with van der Waals surface area (Å²) in [6, 6.07) is 10.8. The molecule has 1 saturated heterocycles. The Hall–Kier alpha value is -2.53. The van der Waals surface area contributed by atoms with Gasteiger partial charge in [-0.2, -0.15) is 0 Å². The Balaban J connectivity index is 1.55. The molecule has 1 aromatic heterocycles. The number of ether oxygens (including phenoxy) is 2. The van der Waals surface area contributed by atoms with Gasteiger partial charge in [-0.25, -0.2) is 18.2 Å². The standard InChI is InChI=1S/C21H27N3O6S/c1-29-18-6-4-16(5-7-18)14-30-19-8-11-24(12-9-19)31(27,28)15-20(21(25)23-26)17-3-2-10-22-13-17/h2-7,10,13,19-20,26H,8-9,11-12,14-15H2,1H3,(H,23,25)/t20-/m1/s1. The normalized spacial score (nSPS) is 16.6. The first-order valence-corrected chi connectivity index (χ1v) is 11.6. The zero-order valence-electron chi connectivity index (χ0n) is 17.3. The third-order valence-electron chi connectivity index (χ3n) is 5.33. The minimum Gasteiger partial charge on any atom is -0.497 e. The second kappa shape index (κ2) is 10.7. The van der Waals surface area contributed by atoms with Gasteiger partial charge in [-0.3, -0.25) is 15.0 Å². The smallest absolute Gasteiger partial charge is 0.252 e. The van der Waals surface area contributed by atoms with Gasteiger partial charge in [0.25, 0.3) is 5.91 Å². The van der Waals surface area contributed by atoms with Crippen LogP contribution in [0.5, 0.6) is 5.75 Å². The van der Waals surface area contributed by atoms with E-state index in [0.29, 0.717) is 38.1 Å². The molecule has 1 aliphatic heterocycles. The third kappa shape index (κ3) is 6.23. The molecule has 1 atom stereocenters. The molecule has 168 valence electrons. The van der Waals surface area contributed by atoms with Crippen LogP contribution in [0, 0.1) is 0 Å². The van der Waals surface area contributed by atoms with Gasteiger partial charge in [0.05, 0.1) is 31.5 Å². The van der Waals surface area contributed by atoms with Crippen LogP contribution in [0.25, 0.3) is 0 Å². The highest BCUT2D eigenvalue weighted by Gasteiger charge is 2.33. The van der Waals surface area contributed by atoms with Crippen LogP contribution in [-0.2, 0) is 26.2 Å². The number of hydrogen-bond acceptors (Lipinski definition) is 7. The summed E-state index contributed by atoms with van der Waals surface area (Å²) in [7, 11) is -2.11. The highest BCUT2D eigenvalue weighted by Crippen LogP contribution is 2.23. The van der Waals surface area contributed by atoms with Gasteiger partial charge in [0.1, 0.15) is 5.75 Å². The van der Waals surface area contributed by atoms with Crippen molar-refractivity contribution in [2.75, 3.05) is 26.0 Å². The van der Waals surface area contributed by atoms with E-state index in [0.717, 1.165) is 11.3 Å². The Morgan fingerprint density at radius 1 is 1.26 bits per heavy atom. The van der Waals surface area contributed by atoms with Crippen LogP contribution in [0.1, 0.15) is 29.9 Å². The Labute approximate surface area is 182 Å². The van der Waals surface area contributed by atoms with Gasteiger partial charge in [-0.05, 0) is 42.2 Å². The van der Waals surface area contributed by atoms with Crippen molar-refractivity contribution in [1.29, 1.82) is 0 Å². The van der Waals surface area contributed by atoms with Gasteiger partial charge in [-0.15, -0.1) is 0 Å². The van der Waals surface area contributed by atoms with Crippen LogP contribution in [0.3, 0.4) is 0 Å². The van der Waals surface area contributed by atoms with Crippen LogP contribution in [0.2, 0.25) is 0 Å². The molecule has 0 radical (unpaired) electrons. The topological polar surface area (TPSA) is 118 Å². The number of sulfonamides is 1. The highest BCUT2D eigenvalue weighted by molar-refractivity contribution is 7.89. The van der Waals surface area contributed by atoms with Crippen LogP contribution in [0.4, 0.5) is 0 Å². The first-order valence-electron chi connectivity index (χ1n) is 9.99. The minimum atomic E-state index is -3.72. The summed E-state index contributed by atoms with van der Waals surface area (Å²) in [5, 5.41) is 9.04. The first kappa shape index (κ1) is 23.1. The van der Waals surface area contributed by atoms with Gasteiger partial charge in [0.15, 0.2) is 0 Å². The molecule has 10 heteroatoms. The number of amides is 1. The highest BCUT2D eigenvalue weighted by atomic mass is 32.2. The average Bonchev–Trinajstić information content (AvgIpc) is 2.82. The number of carbonyl (C=O) groups is 1. The lowest BCUT2D eigenvalue weighted by atomic mass is 10.0. The van der Waals surface area contributed by atoms with E-state index in [2.05, 4.69) is 4.98 Å². The predicted octanol–water partition coefficient (Wildman–Crippen LogP) is 1.69. The fourth-order valence-electron chi connectivity index (χ4n) is 3.51. The van der Waals surface area contributed by atoms with Gasteiger partial charge in [0, 0.05) is 25.5 Å². The fourth-order valence-corrected chi connectivity index (χ4v) is 5.26. The number of benzene rings is 1. The van der Waals surface area contributed by atoms with E-state index in [1.54, 1.807) is 24.7 Å². The number of pyridine rings is 1. The number of rotatable bonds is 9. The van der Waals surface area contributed by atoms with E-state index >= 15 is 0 Å². The van der Waals surface area contributed by atoms with Crippen LogP contribution in [-0.4, -0.2) is 60.9 Å². The van der Waals surface area contributed by atoms with Crippen LogP contribution in [0.15, 0.2) is 48.8 Å². The number of nitrogens with zero attached hydrogens (tertiary/aromatic N) is 2. The van der Waals surface area contributed by atoms with Crippen molar-refractivity contribution in [2.24, 2.45) is 0 Å². The quantitative estimate of drug-likeness (QED) is 0.442. The molecular formula is C21H27N3O6S. The summed E-state index contributed by atoms with van der Waals surface area (Å²) in [5.74, 6) is -1.49. The number of methoxy groups -OCH3 is 1. The molecule has 9 nitrogen and oxygen atoms in total. The van der Waals surface area contributed by atoms with E-state index in [1.165, 1.54) is 16.7 Å². The Morgan fingerprint density at radius 2 is 1.97 bits per heavy atom. The van der Waals surface area contributed by atoms with Crippen molar-refractivity contribution in [3.63, 3.8) is 0 Å². The molecular weight excluding hydrogens is 422 g/mol. The molecule has 31 heavy (non-hydrogen) atoms. The number of piperidine rings is 1. The van der Waals surface area contributed by atoms with Crippen molar-refractivity contribution in [3.8, 4) is 5.75 Å². The van der Waals surface area contributed by atoms with E-state index in [1.807, 2.05) is 24.3 Å². The molecule has 2 aromatic rings. The summed E-state index contributed by atoms with van der Waals surface area (Å²) in [4.78, 5) is 16.0. The molecule has 0 bridgehead atoms. The second-order valence-corrected chi connectivity index (χ2v) is 9.36. The molecule has 1 amide bonds. The van der Waals surface area contributed by atoms with Crippen molar-refractivity contribution in [2.45, 2.75) is 31.5 Å².